The zero-order valence-electron chi connectivity index (χ0n) is 16.4. The van der Waals surface area contributed by atoms with E-state index in [1.165, 1.54) is 5.56 Å². The van der Waals surface area contributed by atoms with Crippen LogP contribution in [0.5, 0.6) is 5.75 Å². The largest absolute Gasteiger partial charge is 0.489 e. The quantitative estimate of drug-likeness (QED) is 0.603. The third-order valence-electron chi connectivity index (χ3n) is 4.75. The topological polar surface area (TPSA) is 66.0 Å². The molecule has 1 amide bonds. The molecule has 2 rings (SSSR count). The molecule has 0 spiro atoms. The van der Waals surface area contributed by atoms with Gasteiger partial charge in [0.05, 0.1) is 6.54 Å². The van der Waals surface area contributed by atoms with Gasteiger partial charge in [0.2, 0.25) is 5.91 Å². The second-order valence-corrected chi connectivity index (χ2v) is 6.98. The molecule has 2 N–H and O–H groups in total. The Kier molecular flexibility index (Phi) is 7.75. The Bertz CT molecular complexity index is 610. The summed E-state index contributed by atoms with van der Waals surface area (Å²) in [5.41, 5.74) is 1.19. The third-order valence-corrected chi connectivity index (χ3v) is 4.75. The summed E-state index contributed by atoms with van der Waals surface area (Å²) >= 11 is 0. The molecule has 1 fully saturated rings. The molecule has 1 unspecified atom stereocenters. The van der Waals surface area contributed by atoms with Gasteiger partial charge in [0, 0.05) is 33.6 Å². The summed E-state index contributed by atoms with van der Waals surface area (Å²) in [6.45, 7) is 6.66. The van der Waals surface area contributed by atoms with Crippen molar-refractivity contribution in [2.24, 2.45) is 10.9 Å². The van der Waals surface area contributed by atoms with Gasteiger partial charge >= 0.3 is 0 Å². The van der Waals surface area contributed by atoms with Crippen molar-refractivity contribution in [1.82, 2.24) is 15.5 Å². The van der Waals surface area contributed by atoms with E-state index in [1.807, 2.05) is 25.2 Å². The van der Waals surface area contributed by atoms with E-state index < -0.39 is 0 Å². The van der Waals surface area contributed by atoms with Crippen LogP contribution in [0.2, 0.25) is 0 Å². The number of amides is 1. The van der Waals surface area contributed by atoms with Crippen molar-refractivity contribution in [1.29, 1.82) is 0 Å². The minimum Gasteiger partial charge on any atom is -0.489 e. The van der Waals surface area contributed by atoms with E-state index >= 15 is 0 Å². The Morgan fingerprint density at radius 3 is 2.73 bits per heavy atom. The van der Waals surface area contributed by atoms with Crippen LogP contribution in [0.25, 0.3) is 0 Å². The molecule has 1 saturated heterocycles. The van der Waals surface area contributed by atoms with Crippen LogP contribution in [0.15, 0.2) is 29.3 Å². The predicted molar refractivity (Wildman–Crippen MR) is 106 cm³/mol. The zero-order valence-corrected chi connectivity index (χ0v) is 16.4. The van der Waals surface area contributed by atoms with Crippen LogP contribution in [0.3, 0.4) is 0 Å². The fourth-order valence-electron chi connectivity index (χ4n) is 3.24. The van der Waals surface area contributed by atoms with Crippen LogP contribution in [0.4, 0.5) is 0 Å². The molecule has 1 heterocycles. The van der Waals surface area contributed by atoms with E-state index in [-0.39, 0.29) is 12.0 Å². The standard InChI is InChI=1S/C20H32N4O2/c1-15-6-5-7-18(12-15)26-16(2)14-23-20(22-4)24-10-8-17(9-11-24)13-19(25)21-3/h5-7,12,16-17H,8-11,13-14H2,1-4H3,(H,21,25)(H,22,23). The number of hydrogen-bond donors (Lipinski definition) is 2. The lowest BCUT2D eigenvalue weighted by molar-refractivity contribution is -0.121. The van der Waals surface area contributed by atoms with E-state index in [0.29, 0.717) is 18.9 Å². The average molecular weight is 361 g/mol. The summed E-state index contributed by atoms with van der Waals surface area (Å²) in [6.07, 6.45) is 2.70. The summed E-state index contributed by atoms with van der Waals surface area (Å²) in [5, 5.41) is 6.12. The van der Waals surface area contributed by atoms with Gasteiger partial charge in [-0.15, -0.1) is 0 Å². The lowest BCUT2D eigenvalue weighted by Gasteiger charge is -2.34. The highest BCUT2D eigenvalue weighted by molar-refractivity contribution is 5.80. The Balaban J connectivity index is 1.76. The molecule has 1 aliphatic heterocycles. The van der Waals surface area contributed by atoms with Crippen LogP contribution >= 0.6 is 0 Å². The van der Waals surface area contributed by atoms with Crippen molar-refractivity contribution < 1.29 is 9.53 Å². The van der Waals surface area contributed by atoms with E-state index in [2.05, 4.69) is 40.4 Å². The number of carbonyl (C=O) groups is 1. The molecule has 0 bridgehead atoms. The van der Waals surface area contributed by atoms with E-state index in [9.17, 15) is 4.79 Å². The molecule has 1 aliphatic rings. The molecule has 6 heteroatoms. The summed E-state index contributed by atoms with van der Waals surface area (Å²) in [4.78, 5) is 18.2. The number of rotatable bonds is 6. The Labute approximate surface area is 157 Å². The first-order valence-corrected chi connectivity index (χ1v) is 9.41. The number of aliphatic imine (C=N–C) groups is 1. The van der Waals surface area contributed by atoms with Crippen molar-refractivity contribution in [3.05, 3.63) is 29.8 Å². The minimum absolute atomic E-state index is 0.0411. The van der Waals surface area contributed by atoms with Gasteiger partial charge < -0.3 is 20.3 Å². The molecular weight excluding hydrogens is 328 g/mol. The fourth-order valence-corrected chi connectivity index (χ4v) is 3.24. The van der Waals surface area contributed by atoms with Gasteiger partial charge in [0.1, 0.15) is 11.9 Å². The molecule has 0 saturated carbocycles. The van der Waals surface area contributed by atoms with Crippen molar-refractivity contribution in [2.45, 2.75) is 39.2 Å². The van der Waals surface area contributed by atoms with Gasteiger partial charge in [-0.2, -0.15) is 0 Å². The lowest BCUT2D eigenvalue weighted by atomic mass is 9.93. The highest BCUT2D eigenvalue weighted by atomic mass is 16.5. The second kappa shape index (κ2) is 10.0. The lowest BCUT2D eigenvalue weighted by Crippen LogP contribution is -2.48. The molecule has 1 aromatic rings. The first-order chi connectivity index (χ1) is 12.5. The maximum Gasteiger partial charge on any atom is 0.220 e. The SMILES string of the molecule is CN=C(NCC(C)Oc1cccc(C)c1)N1CCC(CC(=O)NC)CC1. The monoisotopic (exact) mass is 360 g/mol. The molecule has 26 heavy (non-hydrogen) atoms. The number of nitrogens with one attached hydrogen (secondary N) is 2. The van der Waals surface area contributed by atoms with E-state index in [0.717, 1.165) is 37.6 Å². The minimum atomic E-state index is 0.0411. The number of ether oxygens (including phenoxy) is 1. The van der Waals surface area contributed by atoms with Crippen molar-refractivity contribution >= 4 is 11.9 Å². The van der Waals surface area contributed by atoms with Gasteiger partial charge in [-0.25, -0.2) is 0 Å². The maximum atomic E-state index is 11.5. The van der Waals surface area contributed by atoms with Crippen LogP contribution in [-0.4, -0.2) is 56.6 Å². The summed E-state index contributed by atoms with van der Waals surface area (Å²) in [6, 6.07) is 8.09. The number of guanidine groups is 1. The third kappa shape index (κ3) is 6.24. The zero-order chi connectivity index (χ0) is 18.9. The number of nitrogens with zero attached hydrogens (tertiary/aromatic N) is 2. The van der Waals surface area contributed by atoms with E-state index in [1.54, 1.807) is 7.05 Å². The summed E-state index contributed by atoms with van der Waals surface area (Å²) in [5.74, 6) is 2.40. The van der Waals surface area contributed by atoms with Crippen molar-refractivity contribution in [3.8, 4) is 5.75 Å². The number of aryl methyl sites for hydroxylation is 1. The highest BCUT2D eigenvalue weighted by Gasteiger charge is 2.23. The first kappa shape index (κ1) is 20.1. The normalized spacial score (nSPS) is 16.9. The predicted octanol–water partition coefficient (Wildman–Crippen LogP) is 2.19. The molecule has 1 atom stereocenters. The summed E-state index contributed by atoms with van der Waals surface area (Å²) in [7, 11) is 3.51. The molecule has 1 aromatic carbocycles. The summed E-state index contributed by atoms with van der Waals surface area (Å²) < 4.78 is 5.97. The maximum absolute atomic E-state index is 11.5. The van der Waals surface area contributed by atoms with Gasteiger partial charge in [-0.05, 0) is 50.3 Å². The molecule has 144 valence electrons. The molecule has 0 aliphatic carbocycles. The van der Waals surface area contributed by atoms with E-state index in [4.69, 9.17) is 4.74 Å². The number of piperidine rings is 1. The van der Waals surface area contributed by atoms with Crippen LogP contribution in [-0.2, 0) is 4.79 Å². The van der Waals surface area contributed by atoms with Crippen LogP contribution < -0.4 is 15.4 Å². The fraction of sp³-hybridized carbons (Fsp3) is 0.600. The highest BCUT2D eigenvalue weighted by Crippen LogP contribution is 2.20. The second-order valence-electron chi connectivity index (χ2n) is 6.98. The Hall–Kier alpha value is -2.24. The number of likely N-dealkylation sites (tertiary alicyclic amines) is 1. The number of benzene rings is 1. The van der Waals surface area contributed by atoms with Gasteiger partial charge in [0.25, 0.3) is 0 Å². The average Bonchev–Trinajstić information content (AvgIpc) is 2.63. The Morgan fingerprint density at radius 2 is 2.12 bits per heavy atom. The molecule has 0 radical (unpaired) electrons. The van der Waals surface area contributed by atoms with Gasteiger partial charge in [-0.3, -0.25) is 9.79 Å². The smallest absolute Gasteiger partial charge is 0.220 e. The molecule has 0 aromatic heterocycles. The molecule has 6 nitrogen and oxygen atoms in total. The first-order valence-electron chi connectivity index (χ1n) is 9.41. The molecular formula is C20H32N4O2. The van der Waals surface area contributed by atoms with Gasteiger partial charge in [0.15, 0.2) is 5.96 Å². The number of carbonyl (C=O) groups excluding carboxylic acids is 1. The Morgan fingerprint density at radius 1 is 1.38 bits per heavy atom. The van der Waals surface area contributed by atoms with Gasteiger partial charge in [-0.1, -0.05) is 12.1 Å². The van der Waals surface area contributed by atoms with Crippen molar-refractivity contribution in [2.75, 3.05) is 33.7 Å². The van der Waals surface area contributed by atoms with Crippen molar-refractivity contribution in [3.63, 3.8) is 0 Å². The number of hydrogen-bond acceptors (Lipinski definition) is 3. The van der Waals surface area contributed by atoms with Crippen LogP contribution in [0.1, 0.15) is 31.7 Å². The van der Waals surface area contributed by atoms with Crippen LogP contribution in [0, 0.1) is 12.8 Å².